The van der Waals surface area contributed by atoms with E-state index in [1.807, 2.05) is 36.5 Å². The summed E-state index contributed by atoms with van der Waals surface area (Å²) in [4.78, 5) is 23.8. The van der Waals surface area contributed by atoms with Crippen LogP contribution >= 0.6 is 24.8 Å². The number of fused-ring (bicyclic) bond motifs is 1. The van der Waals surface area contributed by atoms with E-state index >= 15 is 0 Å². The predicted molar refractivity (Wildman–Crippen MR) is 114 cm³/mol. The van der Waals surface area contributed by atoms with Gasteiger partial charge in [0.15, 0.2) is 0 Å². The molecule has 0 atom stereocenters. The number of piperazine rings is 1. The van der Waals surface area contributed by atoms with Crippen LogP contribution in [0, 0.1) is 0 Å². The summed E-state index contributed by atoms with van der Waals surface area (Å²) in [5.41, 5.74) is 1.70. The van der Waals surface area contributed by atoms with E-state index in [1.54, 1.807) is 13.1 Å². The summed E-state index contributed by atoms with van der Waals surface area (Å²) in [5.74, 6) is 1.14. The average Bonchev–Trinajstić information content (AvgIpc) is 2.67. The van der Waals surface area contributed by atoms with E-state index in [2.05, 4.69) is 25.5 Å². The lowest BCUT2D eigenvalue weighted by molar-refractivity contribution is 0.589. The highest BCUT2D eigenvalue weighted by Gasteiger charge is 2.12. The number of benzene rings is 1. The molecule has 1 aromatic carbocycles. The highest BCUT2D eigenvalue weighted by atomic mass is 35.5. The van der Waals surface area contributed by atoms with Gasteiger partial charge in [-0.3, -0.25) is 9.36 Å². The minimum Gasteiger partial charge on any atom is -0.368 e. The molecular formula is C18H22Cl2N6O. The maximum Gasteiger partial charge on any atom is 0.262 e. The van der Waals surface area contributed by atoms with Crippen molar-refractivity contribution in [2.45, 2.75) is 0 Å². The standard InChI is InChI=1S/C18H20N6O.2ClH/c1-23-17(25)14-4-2-3-5-15(14)21-18(23)22-16-7-6-13(12-20-16)24-10-8-19-9-11-24;;/h2-7,12,19H,8-11H2,1H3,(H,20,21,22);2*1H. The third-order valence-corrected chi connectivity index (χ3v) is 4.45. The molecule has 2 aromatic heterocycles. The highest BCUT2D eigenvalue weighted by Crippen LogP contribution is 2.18. The van der Waals surface area contributed by atoms with Gasteiger partial charge in [-0.05, 0) is 24.3 Å². The van der Waals surface area contributed by atoms with E-state index in [0.717, 1.165) is 31.9 Å². The minimum absolute atomic E-state index is 0. The Morgan fingerprint density at radius 1 is 1.07 bits per heavy atom. The Bertz CT molecular complexity index is 954. The number of aromatic nitrogens is 3. The van der Waals surface area contributed by atoms with Crippen LogP contribution in [0.3, 0.4) is 0 Å². The first kappa shape index (κ1) is 21.0. The minimum atomic E-state index is -0.0782. The second-order valence-corrected chi connectivity index (χ2v) is 6.08. The van der Waals surface area contributed by atoms with Crippen molar-refractivity contribution in [1.82, 2.24) is 19.9 Å². The quantitative estimate of drug-likeness (QED) is 0.692. The molecule has 1 fully saturated rings. The van der Waals surface area contributed by atoms with E-state index in [0.29, 0.717) is 22.7 Å². The van der Waals surface area contributed by atoms with E-state index in [1.165, 1.54) is 4.57 Å². The van der Waals surface area contributed by atoms with E-state index in [4.69, 9.17) is 0 Å². The third-order valence-electron chi connectivity index (χ3n) is 4.45. The van der Waals surface area contributed by atoms with Gasteiger partial charge < -0.3 is 15.5 Å². The summed E-state index contributed by atoms with van der Waals surface area (Å²) in [7, 11) is 1.71. The molecule has 0 amide bonds. The fraction of sp³-hybridized carbons (Fsp3) is 0.278. The van der Waals surface area contributed by atoms with Gasteiger partial charge in [0.05, 0.1) is 22.8 Å². The van der Waals surface area contributed by atoms with Crippen molar-refractivity contribution in [1.29, 1.82) is 0 Å². The molecule has 0 bridgehead atoms. The molecule has 144 valence electrons. The Labute approximate surface area is 169 Å². The maximum atomic E-state index is 12.4. The fourth-order valence-corrected chi connectivity index (χ4v) is 3.01. The molecule has 3 aromatic rings. The molecule has 1 saturated heterocycles. The van der Waals surface area contributed by atoms with Crippen LogP contribution in [0.25, 0.3) is 10.9 Å². The summed E-state index contributed by atoms with van der Waals surface area (Å²) < 4.78 is 1.51. The van der Waals surface area contributed by atoms with Crippen molar-refractivity contribution in [3.05, 3.63) is 52.9 Å². The van der Waals surface area contributed by atoms with Gasteiger partial charge >= 0.3 is 0 Å². The Balaban J connectivity index is 0.00000131. The van der Waals surface area contributed by atoms with Gasteiger partial charge in [-0.1, -0.05) is 12.1 Å². The number of halogens is 2. The van der Waals surface area contributed by atoms with Crippen molar-refractivity contribution >= 4 is 53.2 Å². The lowest BCUT2D eigenvalue weighted by atomic mass is 10.2. The first-order valence-corrected chi connectivity index (χ1v) is 8.37. The number of nitrogens with zero attached hydrogens (tertiary/aromatic N) is 4. The highest BCUT2D eigenvalue weighted by molar-refractivity contribution is 5.85. The number of para-hydroxylation sites is 1. The lowest BCUT2D eigenvalue weighted by Crippen LogP contribution is -2.43. The SMILES string of the molecule is Cl.Cl.Cn1c(Nc2ccc(N3CCNCC3)cn2)nc2ccccc2c1=O. The summed E-state index contributed by atoms with van der Waals surface area (Å²) in [5, 5.41) is 7.09. The third kappa shape index (κ3) is 4.32. The second kappa shape index (κ2) is 9.03. The molecule has 0 unspecified atom stereocenters. The van der Waals surface area contributed by atoms with Gasteiger partial charge in [-0.25, -0.2) is 9.97 Å². The Morgan fingerprint density at radius 2 is 1.81 bits per heavy atom. The summed E-state index contributed by atoms with van der Waals surface area (Å²) in [6.45, 7) is 3.94. The monoisotopic (exact) mass is 408 g/mol. The van der Waals surface area contributed by atoms with Crippen LogP contribution in [0.1, 0.15) is 0 Å². The summed E-state index contributed by atoms with van der Waals surface area (Å²) in [6.07, 6.45) is 1.85. The molecule has 9 heteroatoms. The van der Waals surface area contributed by atoms with Gasteiger partial charge in [0.1, 0.15) is 5.82 Å². The van der Waals surface area contributed by atoms with Crippen molar-refractivity contribution in [3.63, 3.8) is 0 Å². The van der Waals surface area contributed by atoms with Crippen LogP contribution in [-0.2, 0) is 7.05 Å². The molecule has 4 rings (SSSR count). The van der Waals surface area contributed by atoms with E-state index in [-0.39, 0.29) is 30.4 Å². The molecule has 0 aliphatic carbocycles. The number of hydrogen-bond donors (Lipinski definition) is 2. The number of nitrogens with one attached hydrogen (secondary N) is 2. The summed E-state index contributed by atoms with van der Waals surface area (Å²) in [6, 6.07) is 11.3. The van der Waals surface area contributed by atoms with Crippen LogP contribution in [0.2, 0.25) is 0 Å². The molecule has 0 spiro atoms. The van der Waals surface area contributed by atoms with Gasteiger partial charge in [0, 0.05) is 33.2 Å². The zero-order valence-corrected chi connectivity index (χ0v) is 16.5. The zero-order chi connectivity index (χ0) is 17.2. The molecule has 1 aliphatic heterocycles. The van der Waals surface area contributed by atoms with Crippen LogP contribution < -0.4 is 21.1 Å². The Morgan fingerprint density at radius 3 is 2.52 bits per heavy atom. The zero-order valence-electron chi connectivity index (χ0n) is 14.9. The molecular weight excluding hydrogens is 387 g/mol. The Kier molecular flexibility index (Phi) is 7.01. The number of rotatable bonds is 3. The first-order chi connectivity index (χ1) is 12.2. The smallest absolute Gasteiger partial charge is 0.262 e. The molecule has 27 heavy (non-hydrogen) atoms. The predicted octanol–water partition coefficient (Wildman–Crippen LogP) is 2.33. The van der Waals surface area contributed by atoms with Crippen LogP contribution in [0.5, 0.6) is 0 Å². The van der Waals surface area contributed by atoms with Crippen molar-refractivity contribution < 1.29 is 0 Å². The van der Waals surface area contributed by atoms with Crippen molar-refractivity contribution in [2.75, 3.05) is 36.4 Å². The van der Waals surface area contributed by atoms with Gasteiger partial charge in [0.25, 0.3) is 5.56 Å². The average molecular weight is 409 g/mol. The number of pyridine rings is 1. The maximum absolute atomic E-state index is 12.4. The second-order valence-electron chi connectivity index (χ2n) is 6.08. The normalized spacial score (nSPS) is 13.6. The molecule has 0 saturated carbocycles. The van der Waals surface area contributed by atoms with Crippen molar-refractivity contribution in [2.24, 2.45) is 7.05 Å². The van der Waals surface area contributed by atoms with Crippen LogP contribution in [0.4, 0.5) is 17.5 Å². The lowest BCUT2D eigenvalue weighted by Gasteiger charge is -2.29. The van der Waals surface area contributed by atoms with Gasteiger partial charge in [-0.2, -0.15) is 0 Å². The van der Waals surface area contributed by atoms with Gasteiger partial charge in [0.2, 0.25) is 5.95 Å². The topological polar surface area (TPSA) is 75.1 Å². The van der Waals surface area contributed by atoms with Crippen molar-refractivity contribution in [3.8, 4) is 0 Å². The molecule has 7 nitrogen and oxygen atoms in total. The first-order valence-electron chi connectivity index (χ1n) is 8.37. The largest absolute Gasteiger partial charge is 0.368 e. The van der Waals surface area contributed by atoms with Crippen LogP contribution in [-0.4, -0.2) is 40.7 Å². The van der Waals surface area contributed by atoms with E-state index < -0.39 is 0 Å². The molecule has 2 N–H and O–H groups in total. The number of anilines is 3. The molecule has 3 heterocycles. The molecule has 0 radical (unpaired) electrons. The fourth-order valence-electron chi connectivity index (χ4n) is 3.01. The Hall–Kier alpha value is -2.35. The summed E-state index contributed by atoms with van der Waals surface area (Å²) >= 11 is 0. The van der Waals surface area contributed by atoms with Gasteiger partial charge in [-0.15, -0.1) is 24.8 Å². The van der Waals surface area contributed by atoms with E-state index in [9.17, 15) is 4.79 Å². The molecule has 1 aliphatic rings. The van der Waals surface area contributed by atoms with Crippen LogP contribution in [0.15, 0.2) is 47.4 Å². The number of hydrogen-bond acceptors (Lipinski definition) is 6.